The first kappa shape index (κ1) is 15.2. The largest absolute Gasteiger partial charge is 0.390 e. The lowest BCUT2D eigenvalue weighted by molar-refractivity contribution is -0.129. The number of pyridine rings is 1. The van der Waals surface area contributed by atoms with E-state index in [-0.39, 0.29) is 0 Å². The molecule has 1 aromatic rings. The minimum Gasteiger partial charge on any atom is -0.390 e. The van der Waals surface area contributed by atoms with Gasteiger partial charge in [0, 0.05) is 35.9 Å². The molecule has 128 valence electrons. The molecule has 4 bridgehead atoms. The molecule has 0 aromatic carbocycles. The molecule has 1 heterocycles. The maximum absolute atomic E-state index is 10.8. The summed E-state index contributed by atoms with van der Waals surface area (Å²) in [7, 11) is 0. The van der Waals surface area contributed by atoms with Crippen molar-refractivity contribution in [3.05, 3.63) is 35.2 Å². The highest BCUT2D eigenvalue weighted by molar-refractivity contribution is 5.80. The van der Waals surface area contributed by atoms with Crippen LogP contribution in [0.2, 0.25) is 0 Å². The van der Waals surface area contributed by atoms with E-state index in [2.05, 4.69) is 28.5 Å². The lowest BCUT2D eigenvalue weighted by atomic mass is 9.52. The van der Waals surface area contributed by atoms with Gasteiger partial charge in [-0.3, -0.25) is 4.98 Å². The summed E-state index contributed by atoms with van der Waals surface area (Å²) in [5.41, 5.74) is 3.99. The summed E-state index contributed by atoms with van der Waals surface area (Å²) in [5, 5.41) is 23.6. The summed E-state index contributed by atoms with van der Waals surface area (Å²) in [6.07, 6.45) is 15.8. The van der Waals surface area contributed by atoms with Crippen molar-refractivity contribution in [2.45, 2.75) is 50.2 Å². The van der Waals surface area contributed by atoms with Crippen LogP contribution in [0.3, 0.4) is 0 Å². The molecule has 0 saturated heterocycles. The topological polar surface area (TPSA) is 68.9 Å². The number of hydrogen-bond acceptors (Lipinski definition) is 4. The van der Waals surface area contributed by atoms with E-state index in [1.54, 1.807) is 0 Å². The first-order valence-corrected chi connectivity index (χ1v) is 9.39. The van der Waals surface area contributed by atoms with E-state index in [4.69, 9.17) is 5.26 Å². The van der Waals surface area contributed by atoms with Crippen molar-refractivity contribution in [1.29, 1.82) is 5.26 Å². The summed E-state index contributed by atoms with van der Waals surface area (Å²) >= 11 is 0. The molecule has 2 unspecified atom stereocenters. The fraction of sp³-hybridized carbons (Fsp3) is 0.524. The summed E-state index contributed by atoms with van der Waals surface area (Å²) < 4.78 is 0. The molecular formula is C21H23N3O. The second-order valence-electron chi connectivity index (χ2n) is 8.38. The highest BCUT2D eigenvalue weighted by atomic mass is 16.3. The Bertz CT molecular complexity index is 803. The van der Waals surface area contributed by atoms with Gasteiger partial charge >= 0.3 is 0 Å². The van der Waals surface area contributed by atoms with Crippen LogP contribution < -0.4 is 5.32 Å². The number of nitrogens with zero attached hydrogens (tertiary/aromatic N) is 2. The molecule has 5 aliphatic rings. The first-order valence-electron chi connectivity index (χ1n) is 9.39. The van der Waals surface area contributed by atoms with Gasteiger partial charge < -0.3 is 10.4 Å². The molecule has 0 amide bonds. The molecule has 0 aliphatic heterocycles. The second kappa shape index (κ2) is 5.44. The Morgan fingerprint density at radius 1 is 1.28 bits per heavy atom. The highest BCUT2D eigenvalue weighted by Gasteiger charge is 2.54. The minimum absolute atomic E-state index is 0.404. The summed E-state index contributed by atoms with van der Waals surface area (Å²) in [6, 6.07) is 2.51. The van der Waals surface area contributed by atoms with Crippen LogP contribution in [0, 0.1) is 29.1 Å². The van der Waals surface area contributed by atoms with Gasteiger partial charge in [-0.2, -0.15) is 5.26 Å². The summed E-state index contributed by atoms with van der Waals surface area (Å²) in [5.74, 6) is 1.82. The molecular weight excluding hydrogens is 310 g/mol. The molecule has 25 heavy (non-hydrogen) atoms. The first-order chi connectivity index (χ1) is 12.1. The molecule has 2 atom stereocenters. The summed E-state index contributed by atoms with van der Waals surface area (Å²) in [4.78, 5) is 4.57. The molecule has 4 nitrogen and oxygen atoms in total. The number of allylic oxidation sites excluding steroid dienone is 2. The van der Waals surface area contributed by atoms with Gasteiger partial charge in [0.15, 0.2) is 0 Å². The highest BCUT2D eigenvalue weighted by Crippen LogP contribution is 2.56. The van der Waals surface area contributed by atoms with Crippen LogP contribution in [-0.2, 0) is 6.42 Å². The van der Waals surface area contributed by atoms with Gasteiger partial charge in [0.2, 0.25) is 0 Å². The Morgan fingerprint density at radius 3 is 2.80 bits per heavy atom. The van der Waals surface area contributed by atoms with Crippen LogP contribution in [0.4, 0.5) is 5.69 Å². The Labute approximate surface area is 148 Å². The van der Waals surface area contributed by atoms with Crippen LogP contribution in [0.15, 0.2) is 18.3 Å². The number of aliphatic hydroxyl groups is 1. The standard InChI is InChI=1S/C21H23N3O/c22-6-2-3-14-12-23-18-5-1-4-17(18)20(14)24-19-15-7-13-8-16(19)11-21(25,9-13)10-15/h1-4,12-13,15-16,19,25H,5,7-11H2,(H,23,24)/b3-2+. The van der Waals surface area contributed by atoms with Crippen molar-refractivity contribution in [3.8, 4) is 6.07 Å². The van der Waals surface area contributed by atoms with Gasteiger partial charge in [0.05, 0.1) is 23.1 Å². The Kier molecular flexibility index (Phi) is 3.30. The fourth-order valence-electron chi connectivity index (χ4n) is 6.01. The van der Waals surface area contributed by atoms with E-state index >= 15 is 0 Å². The van der Waals surface area contributed by atoms with Crippen molar-refractivity contribution >= 4 is 17.8 Å². The quantitative estimate of drug-likeness (QED) is 0.830. The van der Waals surface area contributed by atoms with Gasteiger partial charge in [-0.25, -0.2) is 0 Å². The molecule has 0 radical (unpaired) electrons. The molecule has 0 spiro atoms. The number of aromatic nitrogens is 1. The molecule has 4 saturated carbocycles. The van der Waals surface area contributed by atoms with E-state index in [9.17, 15) is 5.11 Å². The van der Waals surface area contributed by atoms with Gasteiger partial charge in [-0.15, -0.1) is 0 Å². The third-order valence-electron chi connectivity index (χ3n) is 6.71. The molecule has 4 fully saturated rings. The van der Waals surface area contributed by atoms with Crippen molar-refractivity contribution < 1.29 is 5.11 Å². The molecule has 1 aromatic heterocycles. The monoisotopic (exact) mass is 333 g/mol. The van der Waals surface area contributed by atoms with Crippen LogP contribution in [0.25, 0.3) is 12.2 Å². The zero-order chi connectivity index (χ0) is 17.0. The van der Waals surface area contributed by atoms with Crippen molar-refractivity contribution in [3.63, 3.8) is 0 Å². The molecule has 5 aliphatic carbocycles. The predicted octanol–water partition coefficient (Wildman–Crippen LogP) is 3.54. The van der Waals surface area contributed by atoms with Crippen LogP contribution in [0.1, 0.15) is 48.9 Å². The normalized spacial score (nSPS) is 37.4. The van der Waals surface area contributed by atoms with E-state index in [0.717, 1.165) is 42.6 Å². The molecule has 4 heteroatoms. The number of nitrogens with one attached hydrogen (secondary N) is 1. The number of anilines is 1. The van der Waals surface area contributed by atoms with Crippen LogP contribution in [0.5, 0.6) is 0 Å². The van der Waals surface area contributed by atoms with E-state index < -0.39 is 5.60 Å². The van der Waals surface area contributed by atoms with Gasteiger partial charge in [-0.05, 0) is 55.9 Å². The Morgan fingerprint density at radius 2 is 2.08 bits per heavy atom. The van der Waals surface area contributed by atoms with Crippen LogP contribution >= 0.6 is 0 Å². The average molecular weight is 333 g/mol. The maximum atomic E-state index is 10.8. The molecule has 6 rings (SSSR count). The van der Waals surface area contributed by atoms with Gasteiger partial charge in [-0.1, -0.05) is 12.2 Å². The second-order valence-corrected chi connectivity index (χ2v) is 8.38. The van der Waals surface area contributed by atoms with Crippen molar-refractivity contribution in [2.24, 2.45) is 17.8 Å². The van der Waals surface area contributed by atoms with Gasteiger partial charge in [0.1, 0.15) is 0 Å². The average Bonchev–Trinajstić information content (AvgIpc) is 3.04. The van der Waals surface area contributed by atoms with E-state index in [1.165, 1.54) is 24.5 Å². The minimum atomic E-state index is -0.404. The summed E-state index contributed by atoms with van der Waals surface area (Å²) in [6.45, 7) is 0. The Balaban J connectivity index is 1.50. The smallest absolute Gasteiger partial charge is 0.0912 e. The lowest BCUT2D eigenvalue weighted by Crippen LogP contribution is -2.59. The SMILES string of the molecule is N#C/C=C/c1cnc2c(c1NC1C3CC4CC1CC(O)(C4)C3)C=CC2. The van der Waals surface area contributed by atoms with Crippen LogP contribution in [-0.4, -0.2) is 21.7 Å². The van der Waals surface area contributed by atoms with Crippen molar-refractivity contribution in [1.82, 2.24) is 4.98 Å². The predicted molar refractivity (Wildman–Crippen MR) is 97.5 cm³/mol. The Hall–Kier alpha value is -2.12. The number of hydrogen-bond donors (Lipinski definition) is 2. The number of fused-ring (bicyclic) bond motifs is 1. The van der Waals surface area contributed by atoms with Gasteiger partial charge in [0.25, 0.3) is 0 Å². The van der Waals surface area contributed by atoms with E-state index in [1.807, 2.05) is 12.3 Å². The third-order valence-corrected chi connectivity index (χ3v) is 6.71. The number of nitriles is 1. The molecule has 2 N–H and O–H groups in total. The zero-order valence-electron chi connectivity index (χ0n) is 14.3. The van der Waals surface area contributed by atoms with Crippen molar-refractivity contribution in [2.75, 3.05) is 5.32 Å². The third kappa shape index (κ3) is 2.41. The zero-order valence-corrected chi connectivity index (χ0v) is 14.3. The maximum Gasteiger partial charge on any atom is 0.0912 e. The van der Waals surface area contributed by atoms with E-state index in [0.29, 0.717) is 23.8 Å². The lowest BCUT2D eigenvalue weighted by Gasteiger charge is -2.58. The number of rotatable bonds is 3. The fourth-order valence-corrected chi connectivity index (χ4v) is 6.01.